The first-order valence-electron chi connectivity index (χ1n) is 5.47. The number of benzene rings is 2. The van der Waals surface area contributed by atoms with E-state index in [1.165, 1.54) is 12.1 Å². The number of nitrogens with two attached hydrogens (primary N) is 1. The second-order valence-electron chi connectivity index (χ2n) is 3.95. The number of halogens is 2. The molecule has 2 aromatic carbocycles. The monoisotopic (exact) mass is 312 g/mol. The maximum absolute atomic E-state index is 10.8. The summed E-state index contributed by atoms with van der Waals surface area (Å²) >= 11 is 11.8. The number of anilines is 3. The summed E-state index contributed by atoms with van der Waals surface area (Å²) in [5.41, 5.74) is 3.81. The summed E-state index contributed by atoms with van der Waals surface area (Å²) in [6.45, 7) is 0. The first kappa shape index (κ1) is 14.4. The van der Waals surface area contributed by atoms with Gasteiger partial charge in [0.2, 0.25) is 0 Å². The second-order valence-corrected chi connectivity index (χ2v) is 4.83. The average molecular weight is 313 g/mol. The topological polar surface area (TPSA) is 93.2 Å². The molecule has 0 amide bonds. The molecular weight excluding hydrogens is 303 g/mol. The molecule has 0 aromatic heterocycles. The number of hydrogen-bond donors (Lipinski definition) is 3. The minimum absolute atomic E-state index is 0.0870. The maximum atomic E-state index is 10.8. The molecule has 4 N–H and O–H groups in total. The highest BCUT2D eigenvalue weighted by Gasteiger charge is 2.10. The van der Waals surface area contributed by atoms with Gasteiger partial charge in [0.25, 0.3) is 5.69 Å². The highest BCUT2D eigenvalue weighted by Crippen LogP contribution is 2.29. The molecule has 0 fully saturated rings. The molecule has 0 spiro atoms. The zero-order chi connectivity index (χ0) is 14.7. The van der Waals surface area contributed by atoms with Gasteiger partial charge >= 0.3 is 0 Å². The normalized spacial score (nSPS) is 10.2. The molecule has 0 aliphatic heterocycles. The Balaban J connectivity index is 2.37. The van der Waals surface area contributed by atoms with Crippen molar-refractivity contribution in [2.75, 3.05) is 10.7 Å². The van der Waals surface area contributed by atoms with E-state index in [-0.39, 0.29) is 5.69 Å². The van der Waals surface area contributed by atoms with Crippen molar-refractivity contribution in [3.05, 3.63) is 56.6 Å². The van der Waals surface area contributed by atoms with Crippen molar-refractivity contribution >= 4 is 46.0 Å². The fourth-order valence-electron chi connectivity index (χ4n) is 1.66. The number of rotatable bonds is 4. The number of nitro groups is 1. The highest BCUT2D eigenvalue weighted by molar-refractivity contribution is 6.35. The molecule has 0 aliphatic rings. The number of nitrogen functional groups attached to an aromatic ring is 1. The lowest BCUT2D eigenvalue weighted by Gasteiger charge is -2.09. The fourth-order valence-corrected chi connectivity index (χ4v) is 2.19. The van der Waals surface area contributed by atoms with E-state index in [9.17, 15) is 10.1 Å². The molecule has 0 saturated heterocycles. The minimum atomic E-state index is -0.503. The van der Waals surface area contributed by atoms with E-state index < -0.39 is 4.92 Å². The Hall–Kier alpha value is -2.02. The van der Waals surface area contributed by atoms with Crippen LogP contribution >= 0.6 is 23.2 Å². The van der Waals surface area contributed by atoms with Gasteiger partial charge in [0, 0.05) is 33.6 Å². The van der Waals surface area contributed by atoms with E-state index in [4.69, 9.17) is 29.0 Å². The SMILES string of the molecule is NNc1cc(Nc2cc(Cl)cc(Cl)c2)cc([N+](=O)[O-])c1. The first-order valence-corrected chi connectivity index (χ1v) is 6.23. The van der Waals surface area contributed by atoms with Crippen LogP contribution < -0.4 is 16.6 Å². The van der Waals surface area contributed by atoms with Gasteiger partial charge in [-0.05, 0) is 24.3 Å². The van der Waals surface area contributed by atoms with Crippen LogP contribution in [0.4, 0.5) is 22.7 Å². The molecule has 0 atom stereocenters. The van der Waals surface area contributed by atoms with Gasteiger partial charge in [-0.15, -0.1) is 0 Å². The van der Waals surface area contributed by atoms with Crippen LogP contribution in [0.15, 0.2) is 36.4 Å². The zero-order valence-corrected chi connectivity index (χ0v) is 11.6. The second kappa shape index (κ2) is 5.96. The van der Waals surface area contributed by atoms with Crippen molar-refractivity contribution in [1.29, 1.82) is 0 Å². The standard InChI is InChI=1S/C12H10Cl2N4O2/c13-7-1-8(14)3-9(2-7)16-10-4-11(17-15)6-12(5-10)18(19)20/h1-6,16-17H,15H2. The first-order chi connectivity index (χ1) is 9.47. The van der Waals surface area contributed by atoms with Crippen molar-refractivity contribution in [2.45, 2.75) is 0 Å². The summed E-state index contributed by atoms with van der Waals surface area (Å²) in [6, 6.07) is 9.24. The Morgan fingerprint density at radius 2 is 1.50 bits per heavy atom. The molecule has 0 radical (unpaired) electrons. The average Bonchev–Trinajstić information content (AvgIpc) is 2.36. The molecule has 2 aromatic rings. The molecule has 0 unspecified atom stereocenters. The summed E-state index contributed by atoms with van der Waals surface area (Å²) in [5.74, 6) is 5.29. The summed E-state index contributed by atoms with van der Waals surface area (Å²) < 4.78 is 0. The highest BCUT2D eigenvalue weighted by atomic mass is 35.5. The largest absolute Gasteiger partial charge is 0.355 e. The lowest BCUT2D eigenvalue weighted by molar-refractivity contribution is -0.384. The number of hydrogen-bond acceptors (Lipinski definition) is 5. The minimum Gasteiger partial charge on any atom is -0.355 e. The number of nitrogens with one attached hydrogen (secondary N) is 2. The fraction of sp³-hybridized carbons (Fsp3) is 0. The van der Waals surface area contributed by atoms with Crippen LogP contribution in [0.1, 0.15) is 0 Å². The Morgan fingerprint density at radius 3 is 2.05 bits per heavy atom. The quantitative estimate of drug-likeness (QED) is 0.452. The van der Waals surface area contributed by atoms with Crippen LogP contribution in [0.5, 0.6) is 0 Å². The molecule has 6 nitrogen and oxygen atoms in total. The molecule has 20 heavy (non-hydrogen) atoms. The van der Waals surface area contributed by atoms with E-state index in [2.05, 4.69) is 10.7 Å². The maximum Gasteiger partial charge on any atom is 0.273 e. The van der Waals surface area contributed by atoms with Crippen LogP contribution in [-0.2, 0) is 0 Å². The van der Waals surface area contributed by atoms with Gasteiger partial charge in [0.1, 0.15) is 0 Å². The van der Waals surface area contributed by atoms with E-state index in [0.29, 0.717) is 27.1 Å². The van der Waals surface area contributed by atoms with Gasteiger partial charge in [-0.3, -0.25) is 16.0 Å². The van der Waals surface area contributed by atoms with E-state index >= 15 is 0 Å². The molecule has 104 valence electrons. The lowest BCUT2D eigenvalue weighted by atomic mass is 10.2. The van der Waals surface area contributed by atoms with Gasteiger partial charge in [-0.2, -0.15) is 0 Å². The predicted molar refractivity (Wildman–Crippen MR) is 80.7 cm³/mol. The van der Waals surface area contributed by atoms with Crippen LogP contribution in [-0.4, -0.2) is 4.92 Å². The Morgan fingerprint density at radius 1 is 0.950 bits per heavy atom. The van der Waals surface area contributed by atoms with Gasteiger partial charge in [-0.1, -0.05) is 23.2 Å². The Bertz CT molecular complexity index is 644. The zero-order valence-electron chi connectivity index (χ0n) is 10.1. The third kappa shape index (κ3) is 3.51. The smallest absolute Gasteiger partial charge is 0.273 e. The number of nitrogens with zero attached hydrogens (tertiary/aromatic N) is 1. The Labute approximate surface area is 124 Å². The third-order valence-corrected chi connectivity index (χ3v) is 2.88. The van der Waals surface area contributed by atoms with Crippen molar-refractivity contribution in [1.82, 2.24) is 0 Å². The van der Waals surface area contributed by atoms with Crippen LogP contribution in [0, 0.1) is 10.1 Å². The van der Waals surface area contributed by atoms with E-state index in [0.717, 1.165) is 0 Å². The van der Waals surface area contributed by atoms with Crippen LogP contribution in [0.2, 0.25) is 10.0 Å². The number of non-ortho nitro benzene ring substituents is 1. The van der Waals surface area contributed by atoms with Crippen molar-refractivity contribution in [3.63, 3.8) is 0 Å². The molecule has 0 aliphatic carbocycles. The summed E-state index contributed by atoms with van der Waals surface area (Å²) in [6.07, 6.45) is 0. The predicted octanol–water partition coefficient (Wildman–Crippen LogP) is 3.93. The van der Waals surface area contributed by atoms with Crippen molar-refractivity contribution in [3.8, 4) is 0 Å². The third-order valence-electron chi connectivity index (χ3n) is 2.45. The van der Waals surface area contributed by atoms with Gasteiger partial charge in [0.05, 0.1) is 10.6 Å². The Kier molecular flexibility index (Phi) is 4.29. The van der Waals surface area contributed by atoms with Crippen molar-refractivity contribution < 1.29 is 4.92 Å². The number of nitro benzene ring substituents is 1. The van der Waals surface area contributed by atoms with E-state index in [1.54, 1.807) is 24.3 Å². The summed E-state index contributed by atoms with van der Waals surface area (Å²) in [7, 11) is 0. The van der Waals surface area contributed by atoms with E-state index in [1.807, 2.05) is 0 Å². The van der Waals surface area contributed by atoms with Gasteiger partial charge in [0.15, 0.2) is 0 Å². The van der Waals surface area contributed by atoms with Crippen LogP contribution in [0.3, 0.4) is 0 Å². The molecule has 0 bridgehead atoms. The van der Waals surface area contributed by atoms with Crippen molar-refractivity contribution in [2.24, 2.45) is 5.84 Å². The van der Waals surface area contributed by atoms with Crippen LogP contribution in [0.25, 0.3) is 0 Å². The molecule has 2 rings (SSSR count). The molecule has 0 heterocycles. The lowest BCUT2D eigenvalue weighted by Crippen LogP contribution is -2.07. The summed E-state index contributed by atoms with van der Waals surface area (Å²) in [5, 5.41) is 14.8. The number of hydrazine groups is 1. The molecule has 0 saturated carbocycles. The molecular formula is C12H10Cl2N4O2. The van der Waals surface area contributed by atoms with Gasteiger partial charge < -0.3 is 10.7 Å². The molecule has 8 heteroatoms. The van der Waals surface area contributed by atoms with Gasteiger partial charge in [-0.25, -0.2) is 0 Å². The summed E-state index contributed by atoms with van der Waals surface area (Å²) in [4.78, 5) is 10.3.